The zero-order chi connectivity index (χ0) is 23.7. The molecule has 2 unspecified atom stereocenters. The molecule has 2 atom stereocenters. The Labute approximate surface area is 210 Å². The van der Waals surface area contributed by atoms with Gasteiger partial charge in [-0.05, 0) is 49.1 Å². The van der Waals surface area contributed by atoms with E-state index in [1.165, 1.54) is 11.8 Å². The van der Waals surface area contributed by atoms with Crippen LogP contribution in [0.2, 0.25) is 15.1 Å². The summed E-state index contributed by atoms with van der Waals surface area (Å²) in [4.78, 5) is 27.9. The van der Waals surface area contributed by atoms with E-state index in [1.54, 1.807) is 23.1 Å². The summed E-state index contributed by atoms with van der Waals surface area (Å²) in [5.74, 6) is 0.521. The van der Waals surface area contributed by atoms with Crippen molar-refractivity contribution in [3.8, 4) is 0 Å². The summed E-state index contributed by atoms with van der Waals surface area (Å²) in [7, 11) is 0. The minimum absolute atomic E-state index is 0.0373. The summed E-state index contributed by atoms with van der Waals surface area (Å²) in [6, 6.07) is 12.2. The molecule has 32 heavy (non-hydrogen) atoms. The van der Waals surface area contributed by atoms with E-state index in [0.717, 1.165) is 17.5 Å². The van der Waals surface area contributed by atoms with Crippen molar-refractivity contribution in [2.24, 2.45) is 0 Å². The smallest absolute Gasteiger partial charge is 0.243 e. The first-order chi connectivity index (χ1) is 15.3. The third kappa shape index (κ3) is 7.87. The number of rotatable bonds is 11. The molecule has 4 nitrogen and oxygen atoms in total. The minimum atomic E-state index is -0.576. The summed E-state index contributed by atoms with van der Waals surface area (Å²) >= 11 is 20.0. The second kappa shape index (κ2) is 13.3. The molecule has 0 aromatic heterocycles. The van der Waals surface area contributed by atoms with Crippen LogP contribution in [0.4, 0.5) is 0 Å². The van der Waals surface area contributed by atoms with Crippen molar-refractivity contribution in [1.29, 1.82) is 0 Å². The lowest BCUT2D eigenvalue weighted by Crippen LogP contribution is -2.51. The van der Waals surface area contributed by atoms with Crippen LogP contribution in [0.1, 0.15) is 44.7 Å². The fraction of sp³-hybridized carbons (Fsp3) is 0.417. The predicted octanol–water partition coefficient (Wildman–Crippen LogP) is 6.60. The fourth-order valence-electron chi connectivity index (χ4n) is 3.14. The van der Waals surface area contributed by atoms with Crippen molar-refractivity contribution in [3.63, 3.8) is 0 Å². The normalized spacial score (nSPS) is 12.8. The predicted molar refractivity (Wildman–Crippen MR) is 137 cm³/mol. The Morgan fingerprint density at radius 2 is 1.72 bits per heavy atom. The van der Waals surface area contributed by atoms with Crippen molar-refractivity contribution >= 4 is 58.4 Å². The molecule has 0 aliphatic carbocycles. The van der Waals surface area contributed by atoms with Crippen molar-refractivity contribution in [1.82, 2.24) is 10.2 Å². The van der Waals surface area contributed by atoms with Crippen molar-refractivity contribution in [3.05, 3.63) is 68.7 Å². The average Bonchev–Trinajstić information content (AvgIpc) is 2.76. The first-order valence-electron chi connectivity index (χ1n) is 10.6. The molecule has 0 aliphatic rings. The molecule has 0 heterocycles. The van der Waals surface area contributed by atoms with Crippen LogP contribution in [0, 0.1) is 0 Å². The van der Waals surface area contributed by atoms with Gasteiger partial charge in [0.2, 0.25) is 11.8 Å². The van der Waals surface area contributed by atoms with E-state index in [4.69, 9.17) is 34.8 Å². The SMILES string of the molecule is CCC(C)NC(=O)C(CC)N(Cc1ccccc1Cl)C(=O)CSCc1ccc(Cl)cc1Cl. The summed E-state index contributed by atoms with van der Waals surface area (Å²) in [5, 5.41) is 4.73. The van der Waals surface area contributed by atoms with Gasteiger partial charge in [-0.2, -0.15) is 0 Å². The second-order valence-electron chi connectivity index (χ2n) is 7.58. The first kappa shape index (κ1) is 26.8. The van der Waals surface area contributed by atoms with Crippen LogP contribution in [-0.2, 0) is 21.9 Å². The molecular weight excluding hydrogens is 487 g/mol. The lowest BCUT2D eigenvalue weighted by Gasteiger charge is -2.31. The highest BCUT2D eigenvalue weighted by Gasteiger charge is 2.29. The molecular formula is C24H29Cl3N2O2S. The topological polar surface area (TPSA) is 49.4 Å². The van der Waals surface area contributed by atoms with Crippen molar-refractivity contribution in [2.45, 2.75) is 58.0 Å². The summed E-state index contributed by atoms with van der Waals surface area (Å²) in [5.41, 5.74) is 1.72. The zero-order valence-corrected chi connectivity index (χ0v) is 21.6. The summed E-state index contributed by atoms with van der Waals surface area (Å²) < 4.78 is 0. The van der Waals surface area contributed by atoms with Crippen LogP contribution < -0.4 is 5.32 Å². The highest BCUT2D eigenvalue weighted by Crippen LogP contribution is 2.26. The monoisotopic (exact) mass is 514 g/mol. The maximum absolute atomic E-state index is 13.3. The number of thioether (sulfide) groups is 1. The Hall–Kier alpha value is -1.40. The van der Waals surface area contributed by atoms with Gasteiger partial charge in [0.15, 0.2) is 0 Å². The Morgan fingerprint density at radius 3 is 2.34 bits per heavy atom. The van der Waals surface area contributed by atoms with E-state index in [9.17, 15) is 9.59 Å². The second-order valence-corrected chi connectivity index (χ2v) is 9.82. The largest absolute Gasteiger partial charge is 0.352 e. The molecule has 0 saturated heterocycles. The van der Waals surface area contributed by atoms with E-state index >= 15 is 0 Å². The lowest BCUT2D eigenvalue weighted by atomic mass is 10.1. The first-order valence-corrected chi connectivity index (χ1v) is 12.9. The highest BCUT2D eigenvalue weighted by atomic mass is 35.5. The maximum Gasteiger partial charge on any atom is 0.243 e. The van der Waals surface area contributed by atoms with E-state index < -0.39 is 6.04 Å². The Kier molecular flexibility index (Phi) is 11.2. The third-order valence-corrected chi connectivity index (χ3v) is 7.11. The Bertz CT molecular complexity index is 926. The Balaban J connectivity index is 2.17. The van der Waals surface area contributed by atoms with E-state index in [0.29, 0.717) is 27.2 Å². The quantitative estimate of drug-likeness (QED) is 0.367. The molecule has 0 fully saturated rings. The number of nitrogens with one attached hydrogen (secondary N) is 1. The van der Waals surface area contributed by atoms with Gasteiger partial charge in [0.1, 0.15) is 6.04 Å². The molecule has 0 radical (unpaired) electrons. The number of nitrogens with zero attached hydrogens (tertiary/aromatic N) is 1. The van der Waals surface area contributed by atoms with Gasteiger partial charge in [-0.1, -0.05) is 72.9 Å². The molecule has 8 heteroatoms. The van der Waals surface area contributed by atoms with E-state index in [-0.39, 0.29) is 30.2 Å². The summed E-state index contributed by atoms with van der Waals surface area (Å²) in [6.07, 6.45) is 1.32. The number of hydrogen-bond acceptors (Lipinski definition) is 3. The van der Waals surface area contributed by atoms with Gasteiger partial charge in [0, 0.05) is 33.4 Å². The molecule has 0 bridgehead atoms. The van der Waals surface area contributed by atoms with Crippen LogP contribution in [0.5, 0.6) is 0 Å². The molecule has 0 aliphatic heterocycles. The lowest BCUT2D eigenvalue weighted by molar-refractivity contribution is -0.139. The molecule has 2 amide bonds. The molecule has 174 valence electrons. The number of halogens is 3. The van der Waals surface area contributed by atoms with Gasteiger partial charge >= 0.3 is 0 Å². The van der Waals surface area contributed by atoms with Crippen molar-refractivity contribution in [2.75, 3.05) is 5.75 Å². The molecule has 2 aromatic carbocycles. The Morgan fingerprint density at radius 1 is 1.00 bits per heavy atom. The number of carbonyl (C=O) groups excluding carboxylic acids is 2. The highest BCUT2D eigenvalue weighted by molar-refractivity contribution is 7.99. The van der Waals surface area contributed by atoms with Crippen LogP contribution in [-0.4, -0.2) is 34.6 Å². The number of carbonyl (C=O) groups is 2. The number of amides is 2. The van der Waals surface area contributed by atoms with Gasteiger partial charge < -0.3 is 10.2 Å². The fourth-order valence-corrected chi connectivity index (χ4v) is 4.80. The van der Waals surface area contributed by atoms with Crippen LogP contribution in [0.25, 0.3) is 0 Å². The molecule has 2 rings (SSSR count). The van der Waals surface area contributed by atoms with Crippen molar-refractivity contribution < 1.29 is 9.59 Å². The standard InChI is InChI=1S/C24H29Cl3N2O2S/c1-4-16(3)28-24(31)22(5-2)29(13-17-8-6-7-9-20(17)26)23(30)15-32-14-18-10-11-19(25)12-21(18)27/h6-12,16,22H,4-5,13-15H2,1-3H3,(H,28,31). The summed E-state index contributed by atoms with van der Waals surface area (Å²) in [6.45, 7) is 6.15. The van der Waals surface area contributed by atoms with E-state index in [1.807, 2.05) is 45.0 Å². The number of hydrogen-bond donors (Lipinski definition) is 1. The molecule has 0 saturated carbocycles. The van der Waals surface area contributed by atoms with Crippen LogP contribution in [0.15, 0.2) is 42.5 Å². The minimum Gasteiger partial charge on any atom is -0.352 e. The maximum atomic E-state index is 13.3. The van der Waals surface area contributed by atoms with Gasteiger partial charge in [-0.3, -0.25) is 9.59 Å². The molecule has 0 spiro atoms. The molecule has 2 aromatic rings. The van der Waals surface area contributed by atoms with Gasteiger partial charge in [-0.25, -0.2) is 0 Å². The van der Waals surface area contributed by atoms with Crippen LogP contribution in [0.3, 0.4) is 0 Å². The van der Waals surface area contributed by atoms with E-state index in [2.05, 4.69) is 5.32 Å². The third-order valence-electron chi connectivity index (χ3n) is 5.18. The average molecular weight is 516 g/mol. The van der Waals surface area contributed by atoms with Gasteiger partial charge in [-0.15, -0.1) is 11.8 Å². The van der Waals surface area contributed by atoms with Gasteiger partial charge in [0.25, 0.3) is 0 Å². The molecule has 1 N–H and O–H groups in total. The van der Waals surface area contributed by atoms with Crippen LogP contribution >= 0.6 is 46.6 Å². The van der Waals surface area contributed by atoms with Gasteiger partial charge in [0.05, 0.1) is 5.75 Å². The zero-order valence-electron chi connectivity index (χ0n) is 18.5. The number of benzene rings is 2.